The third-order valence-corrected chi connectivity index (χ3v) is 5.22. The van der Waals surface area contributed by atoms with Gasteiger partial charge in [0.05, 0.1) is 11.0 Å². The van der Waals surface area contributed by atoms with E-state index in [1.54, 1.807) is 0 Å². The van der Waals surface area contributed by atoms with Crippen molar-refractivity contribution >= 4 is 21.9 Å². The number of para-hydroxylation sites is 1. The van der Waals surface area contributed by atoms with Gasteiger partial charge >= 0.3 is 0 Å². The fraction of sp³-hybridized carbons (Fsp3) is 0.273. The molecule has 4 N–H and O–H groups in total. The molecule has 0 saturated carbocycles. The van der Waals surface area contributed by atoms with Crippen LogP contribution in [0.2, 0.25) is 0 Å². The molecule has 0 bridgehead atoms. The van der Waals surface area contributed by atoms with Crippen LogP contribution in [0.1, 0.15) is 36.7 Å². The lowest BCUT2D eigenvalue weighted by atomic mass is 10.1. The predicted molar refractivity (Wildman–Crippen MR) is 110 cm³/mol. The summed E-state index contributed by atoms with van der Waals surface area (Å²) in [7, 11) is 0. The highest BCUT2D eigenvalue weighted by molar-refractivity contribution is 6.02. The minimum Gasteiger partial charge on any atom is -0.426 e. The molecular formula is C22H25N5O. The van der Waals surface area contributed by atoms with E-state index in [2.05, 4.69) is 35.8 Å². The maximum Gasteiger partial charge on any atom is 0.189 e. The van der Waals surface area contributed by atoms with E-state index in [0.29, 0.717) is 24.1 Å². The number of aryl methyl sites for hydroxylation is 1. The zero-order valence-corrected chi connectivity index (χ0v) is 16.0. The fourth-order valence-corrected chi connectivity index (χ4v) is 3.68. The first-order valence-electron chi connectivity index (χ1n) is 9.68. The molecule has 2 heterocycles. The Morgan fingerprint density at radius 3 is 2.50 bits per heavy atom. The SMILES string of the molecule is CCCCc1nc2c(=N)n(O)c3ccccc3c2n1Cc1ccc(CN)cc1. The van der Waals surface area contributed by atoms with Crippen molar-refractivity contribution in [3.05, 3.63) is 71.0 Å². The molecule has 2 aromatic carbocycles. The van der Waals surface area contributed by atoms with E-state index < -0.39 is 0 Å². The molecule has 0 aliphatic rings. The lowest BCUT2D eigenvalue weighted by molar-refractivity contribution is 0.186. The first kappa shape index (κ1) is 18.3. The molecule has 2 aromatic heterocycles. The Bertz CT molecular complexity index is 1190. The number of nitrogens with zero attached hydrogens (tertiary/aromatic N) is 3. The monoisotopic (exact) mass is 375 g/mol. The van der Waals surface area contributed by atoms with Crippen LogP contribution in [-0.4, -0.2) is 19.5 Å². The van der Waals surface area contributed by atoms with Crippen molar-refractivity contribution in [1.29, 1.82) is 5.41 Å². The van der Waals surface area contributed by atoms with E-state index in [1.807, 2.05) is 24.3 Å². The van der Waals surface area contributed by atoms with Crippen molar-refractivity contribution in [2.75, 3.05) is 0 Å². The third-order valence-electron chi connectivity index (χ3n) is 5.22. The lowest BCUT2D eigenvalue weighted by Gasteiger charge is -2.12. The summed E-state index contributed by atoms with van der Waals surface area (Å²) in [4.78, 5) is 4.77. The smallest absolute Gasteiger partial charge is 0.189 e. The summed E-state index contributed by atoms with van der Waals surface area (Å²) in [6.07, 6.45) is 2.94. The molecule has 0 radical (unpaired) electrons. The maximum absolute atomic E-state index is 10.4. The van der Waals surface area contributed by atoms with Crippen molar-refractivity contribution in [2.24, 2.45) is 5.73 Å². The molecule has 0 spiro atoms. The first-order chi connectivity index (χ1) is 13.6. The van der Waals surface area contributed by atoms with Gasteiger partial charge in [0.15, 0.2) is 5.49 Å². The summed E-state index contributed by atoms with van der Waals surface area (Å²) in [5.41, 5.74) is 10.0. The quantitative estimate of drug-likeness (QED) is 0.450. The Balaban J connectivity index is 1.96. The standard InChI is InChI=1S/C22H25N5O/c1-2-3-8-19-25-20-21(17-6-4-5-7-18(17)27(28)22(20)24)26(19)14-16-11-9-15(13-23)10-12-16/h4-7,9-12,24,28H,2-3,8,13-14,23H2,1H3. The van der Waals surface area contributed by atoms with Crippen LogP contribution < -0.4 is 11.2 Å². The van der Waals surface area contributed by atoms with Gasteiger partial charge in [-0.25, -0.2) is 4.98 Å². The number of hydrogen-bond acceptors (Lipinski definition) is 4. The van der Waals surface area contributed by atoms with Crippen molar-refractivity contribution in [3.63, 3.8) is 0 Å². The van der Waals surface area contributed by atoms with Gasteiger partial charge in [0.1, 0.15) is 11.3 Å². The summed E-state index contributed by atoms with van der Waals surface area (Å²) in [6.45, 7) is 3.35. The molecule has 6 nitrogen and oxygen atoms in total. The molecule has 0 aliphatic heterocycles. The number of unbranched alkanes of at least 4 members (excludes halogenated alkanes) is 1. The molecule has 28 heavy (non-hydrogen) atoms. The second-order valence-corrected chi connectivity index (χ2v) is 7.11. The second-order valence-electron chi connectivity index (χ2n) is 7.11. The second kappa shape index (κ2) is 7.48. The van der Waals surface area contributed by atoms with Crippen LogP contribution in [0.4, 0.5) is 0 Å². The Labute approximate surface area is 163 Å². The van der Waals surface area contributed by atoms with Crippen LogP contribution in [0, 0.1) is 5.41 Å². The molecule has 4 aromatic rings. The number of aromatic nitrogens is 3. The van der Waals surface area contributed by atoms with Gasteiger partial charge in [0, 0.05) is 24.9 Å². The van der Waals surface area contributed by atoms with E-state index in [0.717, 1.165) is 51.8 Å². The van der Waals surface area contributed by atoms with Gasteiger partial charge in [-0.15, -0.1) is 0 Å². The number of imidazole rings is 1. The molecule has 0 aliphatic carbocycles. The van der Waals surface area contributed by atoms with Crippen LogP contribution in [0.3, 0.4) is 0 Å². The normalized spacial score (nSPS) is 11.5. The minimum absolute atomic E-state index is 0.0173. The van der Waals surface area contributed by atoms with Crippen LogP contribution in [0.25, 0.3) is 21.9 Å². The third kappa shape index (κ3) is 3.05. The van der Waals surface area contributed by atoms with Gasteiger partial charge in [-0.3, -0.25) is 5.41 Å². The maximum atomic E-state index is 10.4. The molecular weight excluding hydrogens is 350 g/mol. The number of benzene rings is 2. The highest BCUT2D eigenvalue weighted by Crippen LogP contribution is 2.25. The predicted octanol–water partition coefficient (Wildman–Crippen LogP) is 3.56. The molecule has 0 unspecified atom stereocenters. The summed E-state index contributed by atoms with van der Waals surface area (Å²) in [5.74, 6) is 0.949. The van der Waals surface area contributed by atoms with E-state index in [9.17, 15) is 5.21 Å². The van der Waals surface area contributed by atoms with Gasteiger partial charge in [-0.05, 0) is 23.6 Å². The number of fused-ring (bicyclic) bond motifs is 3. The Hall–Kier alpha value is -3.12. The number of rotatable bonds is 6. The van der Waals surface area contributed by atoms with Crippen LogP contribution in [0.5, 0.6) is 0 Å². The van der Waals surface area contributed by atoms with Crippen molar-refractivity contribution in [1.82, 2.24) is 14.3 Å². The Kier molecular flexibility index (Phi) is 4.88. The molecule has 6 heteroatoms. The van der Waals surface area contributed by atoms with Gasteiger partial charge in [0.25, 0.3) is 0 Å². The average Bonchev–Trinajstić information content (AvgIpc) is 3.09. The number of pyridine rings is 1. The minimum atomic E-state index is 0.0173. The van der Waals surface area contributed by atoms with Gasteiger partial charge in [-0.1, -0.05) is 55.8 Å². The summed E-state index contributed by atoms with van der Waals surface area (Å²) >= 11 is 0. The Morgan fingerprint density at radius 1 is 1.07 bits per heavy atom. The van der Waals surface area contributed by atoms with E-state index in [1.165, 1.54) is 0 Å². The van der Waals surface area contributed by atoms with Crippen LogP contribution in [-0.2, 0) is 19.5 Å². The fourth-order valence-electron chi connectivity index (χ4n) is 3.68. The zero-order valence-electron chi connectivity index (χ0n) is 16.0. The average molecular weight is 375 g/mol. The Morgan fingerprint density at radius 2 is 1.79 bits per heavy atom. The van der Waals surface area contributed by atoms with E-state index in [-0.39, 0.29) is 5.49 Å². The van der Waals surface area contributed by atoms with Crippen molar-refractivity contribution in [3.8, 4) is 0 Å². The first-order valence-corrected chi connectivity index (χ1v) is 9.68. The van der Waals surface area contributed by atoms with Gasteiger partial charge in [0.2, 0.25) is 0 Å². The van der Waals surface area contributed by atoms with Gasteiger partial charge in [-0.2, -0.15) is 4.73 Å². The van der Waals surface area contributed by atoms with E-state index in [4.69, 9.17) is 16.1 Å². The highest BCUT2D eigenvalue weighted by Gasteiger charge is 2.18. The summed E-state index contributed by atoms with van der Waals surface area (Å²) in [6, 6.07) is 15.9. The molecule has 144 valence electrons. The van der Waals surface area contributed by atoms with Crippen molar-refractivity contribution in [2.45, 2.75) is 39.3 Å². The van der Waals surface area contributed by atoms with Crippen LogP contribution in [0.15, 0.2) is 48.5 Å². The largest absolute Gasteiger partial charge is 0.426 e. The summed E-state index contributed by atoms with van der Waals surface area (Å²) < 4.78 is 3.12. The molecule has 0 amide bonds. The molecule has 0 saturated heterocycles. The molecule has 4 rings (SSSR count). The summed E-state index contributed by atoms with van der Waals surface area (Å²) in [5, 5.41) is 19.8. The van der Waals surface area contributed by atoms with Crippen LogP contribution >= 0.6 is 0 Å². The number of nitrogens with two attached hydrogens (primary N) is 1. The van der Waals surface area contributed by atoms with E-state index >= 15 is 0 Å². The highest BCUT2D eigenvalue weighted by atomic mass is 16.5. The number of nitrogens with one attached hydrogen (secondary N) is 1. The van der Waals surface area contributed by atoms with Crippen molar-refractivity contribution < 1.29 is 5.21 Å². The topological polar surface area (TPSA) is 92.9 Å². The zero-order chi connectivity index (χ0) is 19.7. The molecule has 0 fully saturated rings. The lowest BCUT2D eigenvalue weighted by Crippen LogP contribution is -2.19. The van der Waals surface area contributed by atoms with Gasteiger partial charge < -0.3 is 15.5 Å². The number of hydrogen-bond donors (Lipinski definition) is 3. The molecule has 0 atom stereocenters.